The summed E-state index contributed by atoms with van der Waals surface area (Å²) in [5, 5.41) is 25.8. The predicted octanol–water partition coefficient (Wildman–Crippen LogP) is 4.88. The van der Waals surface area contributed by atoms with Crippen molar-refractivity contribution in [3.63, 3.8) is 0 Å². The van der Waals surface area contributed by atoms with E-state index in [-0.39, 0.29) is 11.4 Å². The first-order chi connectivity index (χ1) is 15.9. The van der Waals surface area contributed by atoms with Crippen molar-refractivity contribution < 1.29 is 29.4 Å². The van der Waals surface area contributed by atoms with Gasteiger partial charge >= 0.3 is 5.97 Å². The second kappa shape index (κ2) is 10.5. The highest BCUT2D eigenvalue weighted by Crippen LogP contribution is 2.42. The molecule has 0 heterocycles. The van der Waals surface area contributed by atoms with Gasteiger partial charge in [-0.05, 0) is 44.2 Å². The van der Waals surface area contributed by atoms with Crippen LogP contribution in [0.4, 0.5) is 0 Å². The van der Waals surface area contributed by atoms with Gasteiger partial charge < -0.3 is 24.6 Å². The molecule has 3 rings (SSSR count). The molecular weight excluding hydrogens is 424 g/mol. The van der Waals surface area contributed by atoms with Crippen molar-refractivity contribution in [1.82, 2.24) is 0 Å². The summed E-state index contributed by atoms with van der Waals surface area (Å²) in [5.74, 6) is 0.171. The number of hydrogen-bond acceptors (Lipinski definition) is 8. The van der Waals surface area contributed by atoms with Crippen LogP contribution in [0.15, 0.2) is 70.5 Å². The van der Waals surface area contributed by atoms with Gasteiger partial charge in [-0.3, -0.25) is 0 Å². The molecule has 33 heavy (non-hydrogen) atoms. The van der Waals surface area contributed by atoms with E-state index in [0.717, 1.165) is 5.57 Å². The molecule has 0 aliphatic heterocycles. The quantitative estimate of drug-likeness (QED) is 0.269. The van der Waals surface area contributed by atoms with Crippen molar-refractivity contribution in [2.45, 2.75) is 26.4 Å². The van der Waals surface area contributed by atoms with Crippen LogP contribution in [-0.4, -0.2) is 42.0 Å². The standard InChI is InChI=1S/C25H26N2O6/c1-15(2)10-13-20(33-25(28)16-8-6-5-7-9-16)17-14-21(31-3)22-18(26-29)11-12-19(27-30)23(22)24(17)32-4/h5-12,14,20,29-30H,13H2,1-4H3/b26-18+,27-19+. The molecule has 0 saturated carbocycles. The number of carbonyl (C=O) groups is 1. The molecule has 8 nitrogen and oxygen atoms in total. The van der Waals surface area contributed by atoms with E-state index in [9.17, 15) is 15.2 Å². The molecule has 1 aliphatic rings. The van der Waals surface area contributed by atoms with E-state index in [4.69, 9.17) is 14.2 Å². The van der Waals surface area contributed by atoms with Gasteiger partial charge in [0.1, 0.15) is 29.0 Å². The van der Waals surface area contributed by atoms with E-state index >= 15 is 0 Å². The lowest BCUT2D eigenvalue weighted by Crippen LogP contribution is -2.20. The molecule has 2 aromatic carbocycles. The molecule has 2 aromatic rings. The maximum Gasteiger partial charge on any atom is 0.338 e. The third-order valence-electron chi connectivity index (χ3n) is 5.17. The van der Waals surface area contributed by atoms with Crippen molar-refractivity contribution in [2.75, 3.05) is 14.2 Å². The Morgan fingerprint density at radius 2 is 1.64 bits per heavy atom. The SMILES string of the molecule is COc1cc(C(CC=C(C)C)OC(=O)c2ccccc2)c(OC)c2c1/C(=N/O)C=C/C2=N\O. The number of oxime groups is 2. The summed E-state index contributed by atoms with van der Waals surface area (Å²) in [5.41, 5.74) is 3.14. The summed E-state index contributed by atoms with van der Waals surface area (Å²) >= 11 is 0. The topological polar surface area (TPSA) is 110 Å². The number of ether oxygens (including phenoxy) is 3. The van der Waals surface area contributed by atoms with E-state index in [1.165, 1.54) is 26.4 Å². The van der Waals surface area contributed by atoms with Crippen LogP contribution in [0.25, 0.3) is 0 Å². The zero-order chi connectivity index (χ0) is 24.0. The van der Waals surface area contributed by atoms with Crippen molar-refractivity contribution in [2.24, 2.45) is 10.3 Å². The molecule has 8 heteroatoms. The molecule has 0 amide bonds. The van der Waals surface area contributed by atoms with Crippen molar-refractivity contribution in [3.05, 3.63) is 82.5 Å². The summed E-state index contributed by atoms with van der Waals surface area (Å²) in [6.45, 7) is 3.90. The number of nitrogens with zero attached hydrogens (tertiary/aromatic N) is 2. The first-order valence-corrected chi connectivity index (χ1v) is 10.3. The van der Waals surface area contributed by atoms with Crippen molar-refractivity contribution >= 4 is 17.4 Å². The number of carbonyl (C=O) groups excluding carboxylic acids is 1. The van der Waals surface area contributed by atoms with Crippen LogP contribution in [0.3, 0.4) is 0 Å². The van der Waals surface area contributed by atoms with Crippen LogP contribution >= 0.6 is 0 Å². The Hall–Kier alpha value is -4.07. The molecule has 0 spiro atoms. The monoisotopic (exact) mass is 450 g/mol. The van der Waals surface area contributed by atoms with Crippen LogP contribution in [0, 0.1) is 0 Å². The number of hydrogen-bond donors (Lipinski definition) is 2. The van der Waals surface area contributed by atoms with Gasteiger partial charge in [0.15, 0.2) is 0 Å². The molecule has 2 N–H and O–H groups in total. The Balaban J connectivity index is 2.21. The van der Waals surface area contributed by atoms with Gasteiger partial charge in [-0.2, -0.15) is 0 Å². The van der Waals surface area contributed by atoms with E-state index in [0.29, 0.717) is 40.2 Å². The largest absolute Gasteiger partial charge is 0.496 e. The lowest BCUT2D eigenvalue weighted by atomic mass is 9.88. The Labute approximate surface area is 192 Å². The minimum Gasteiger partial charge on any atom is -0.496 e. The molecule has 0 aromatic heterocycles. The molecule has 1 aliphatic carbocycles. The van der Waals surface area contributed by atoms with Gasteiger partial charge in [-0.1, -0.05) is 40.2 Å². The second-order valence-corrected chi connectivity index (χ2v) is 7.53. The van der Waals surface area contributed by atoms with Crippen LogP contribution in [0.5, 0.6) is 11.5 Å². The third-order valence-corrected chi connectivity index (χ3v) is 5.17. The molecule has 0 fully saturated rings. The van der Waals surface area contributed by atoms with Gasteiger partial charge in [0.05, 0.1) is 30.9 Å². The Bertz CT molecular complexity index is 1150. The summed E-state index contributed by atoms with van der Waals surface area (Å²) < 4.78 is 17.2. The molecule has 0 bridgehead atoms. The first kappa shape index (κ1) is 23.6. The zero-order valence-electron chi connectivity index (χ0n) is 18.9. The fraction of sp³-hybridized carbons (Fsp3) is 0.240. The van der Waals surface area contributed by atoms with E-state index in [1.807, 2.05) is 26.0 Å². The Kier molecular flexibility index (Phi) is 7.50. The van der Waals surface area contributed by atoms with Crippen LogP contribution in [0.2, 0.25) is 0 Å². The molecule has 1 atom stereocenters. The van der Waals surface area contributed by atoms with Crippen LogP contribution < -0.4 is 9.47 Å². The van der Waals surface area contributed by atoms with Crippen LogP contribution in [-0.2, 0) is 4.74 Å². The fourth-order valence-electron chi connectivity index (χ4n) is 3.62. The third kappa shape index (κ3) is 4.90. The maximum atomic E-state index is 12.9. The minimum absolute atomic E-state index is 0.185. The highest BCUT2D eigenvalue weighted by molar-refractivity contribution is 6.27. The Morgan fingerprint density at radius 3 is 2.18 bits per heavy atom. The zero-order valence-corrected chi connectivity index (χ0v) is 18.9. The predicted molar refractivity (Wildman–Crippen MR) is 124 cm³/mol. The van der Waals surface area contributed by atoms with Gasteiger partial charge in [0.25, 0.3) is 0 Å². The second-order valence-electron chi connectivity index (χ2n) is 7.53. The molecule has 0 saturated heterocycles. The summed E-state index contributed by atoms with van der Waals surface area (Å²) in [7, 11) is 2.93. The number of allylic oxidation sites excluding steroid dienone is 3. The maximum absolute atomic E-state index is 12.9. The lowest BCUT2D eigenvalue weighted by Gasteiger charge is -2.26. The lowest BCUT2D eigenvalue weighted by molar-refractivity contribution is 0.0297. The van der Waals surface area contributed by atoms with Crippen LogP contribution in [0.1, 0.15) is 53.4 Å². The number of rotatable bonds is 7. The number of methoxy groups -OCH3 is 2. The van der Waals surface area contributed by atoms with E-state index in [2.05, 4.69) is 10.3 Å². The van der Waals surface area contributed by atoms with E-state index < -0.39 is 12.1 Å². The number of benzene rings is 2. The van der Waals surface area contributed by atoms with Gasteiger partial charge in [0, 0.05) is 12.0 Å². The fourth-order valence-corrected chi connectivity index (χ4v) is 3.62. The van der Waals surface area contributed by atoms with Gasteiger partial charge in [-0.25, -0.2) is 4.79 Å². The summed E-state index contributed by atoms with van der Waals surface area (Å²) in [6.07, 6.45) is 4.58. The smallest absolute Gasteiger partial charge is 0.338 e. The first-order valence-electron chi connectivity index (χ1n) is 10.3. The minimum atomic E-state index is -0.734. The van der Waals surface area contributed by atoms with Gasteiger partial charge in [0.2, 0.25) is 0 Å². The average Bonchev–Trinajstić information content (AvgIpc) is 2.84. The molecule has 0 radical (unpaired) electrons. The summed E-state index contributed by atoms with van der Waals surface area (Å²) in [4.78, 5) is 12.9. The molecule has 1 unspecified atom stereocenters. The van der Waals surface area contributed by atoms with Crippen molar-refractivity contribution in [1.29, 1.82) is 0 Å². The number of fused-ring (bicyclic) bond motifs is 1. The molecule has 172 valence electrons. The van der Waals surface area contributed by atoms with Crippen molar-refractivity contribution in [3.8, 4) is 11.5 Å². The number of esters is 1. The van der Waals surface area contributed by atoms with Gasteiger partial charge in [-0.15, -0.1) is 0 Å². The molecular formula is C25H26N2O6. The average molecular weight is 450 g/mol. The normalized spacial score (nSPS) is 15.6. The van der Waals surface area contributed by atoms with E-state index in [1.54, 1.807) is 30.3 Å². The highest BCUT2D eigenvalue weighted by atomic mass is 16.5. The summed E-state index contributed by atoms with van der Waals surface area (Å²) in [6, 6.07) is 10.4. The highest BCUT2D eigenvalue weighted by Gasteiger charge is 2.32. The Morgan fingerprint density at radius 1 is 1.00 bits per heavy atom.